The van der Waals surface area contributed by atoms with Gasteiger partial charge in [0.05, 0.1) is 36.6 Å². The Bertz CT molecular complexity index is 1010. The molecule has 0 saturated carbocycles. The average molecular weight is 395 g/mol. The lowest BCUT2D eigenvalue weighted by Crippen LogP contribution is -2.15. The van der Waals surface area contributed by atoms with Gasteiger partial charge in [0, 0.05) is 11.1 Å². The summed E-state index contributed by atoms with van der Waals surface area (Å²) >= 11 is 1.58. The topological polar surface area (TPSA) is 65.4 Å². The fraction of sp³-hybridized carbons (Fsp3) is 0.238. The van der Waals surface area contributed by atoms with Crippen LogP contribution in [-0.2, 0) is 4.79 Å². The number of ether oxygens (including phenoxy) is 2. The number of thioether (sulfide) groups is 1. The average Bonchev–Trinajstić information content (AvgIpc) is 2.93. The molecule has 2 aromatic carbocycles. The minimum Gasteiger partial charge on any atom is -0.497 e. The van der Waals surface area contributed by atoms with Crippen molar-refractivity contribution in [2.45, 2.75) is 12.2 Å². The van der Waals surface area contributed by atoms with E-state index in [4.69, 9.17) is 14.6 Å². The van der Waals surface area contributed by atoms with Crippen LogP contribution in [0.1, 0.15) is 22.1 Å². The number of nitrogens with one attached hydrogen (secondary N) is 1. The first kappa shape index (κ1) is 18.4. The summed E-state index contributed by atoms with van der Waals surface area (Å²) in [6.07, 6.45) is 0. The number of carbonyl (C=O) groups excluding carboxylic acids is 1. The highest BCUT2D eigenvalue weighted by atomic mass is 32.2. The van der Waals surface area contributed by atoms with Crippen molar-refractivity contribution >= 4 is 23.5 Å². The van der Waals surface area contributed by atoms with Crippen molar-refractivity contribution in [3.63, 3.8) is 0 Å². The number of methoxy groups -OCH3 is 2. The summed E-state index contributed by atoms with van der Waals surface area (Å²) in [4.78, 5) is 12.4. The van der Waals surface area contributed by atoms with Crippen molar-refractivity contribution in [1.29, 1.82) is 0 Å². The number of para-hydroxylation sites is 1. The Balaban J connectivity index is 1.87. The molecule has 4 rings (SSSR count). The first-order valence-electron chi connectivity index (χ1n) is 8.90. The quantitative estimate of drug-likeness (QED) is 0.724. The first-order chi connectivity index (χ1) is 13.6. The maximum Gasteiger partial charge on any atom is 0.235 e. The molecule has 7 heteroatoms. The van der Waals surface area contributed by atoms with Gasteiger partial charge in [0.15, 0.2) is 0 Å². The van der Waals surface area contributed by atoms with Crippen molar-refractivity contribution in [3.8, 4) is 17.2 Å². The molecule has 28 heavy (non-hydrogen) atoms. The van der Waals surface area contributed by atoms with Crippen LogP contribution in [0.4, 0.5) is 5.82 Å². The van der Waals surface area contributed by atoms with Crippen LogP contribution in [0.5, 0.6) is 11.5 Å². The Hall–Kier alpha value is -2.93. The highest BCUT2D eigenvalue weighted by molar-refractivity contribution is 8.00. The van der Waals surface area contributed by atoms with E-state index in [1.54, 1.807) is 30.7 Å². The molecule has 1 aliphatic rings. The van der Waals surface area contributed by atoms with Gasteiger partial charge >= 0.3 is 0 Å². The minimum absolute atomic E-state index is 0.0432. The third-order valence-electron chi connectivity index (χ3n) is 4.75. The van der Waals surface area contributed by atoms with Crippen LogP contribution in [0.2, 0.25) is 0 Å². The predicted molar refractivity (Wildman–Crippen MR) is 111 cm³/mol. The van der Waals surface area contributed by atoms with Crippen LogP contribution < -0.4 is 14.8 Å². The number of aryl methyl sites for hydroxylation is 1. The fourth-order valence-corrected chi connectivity index (χ4v) is 4.64. The monoisotopic (exact) mass is 395 g/mol. The van der Waals surface area contributed by atoms with Gasteiger partial charge in [-0.2, -0.15) is 5.10 Å². The van der Waals surface area contributed by atoms with Crippen molar-refractivity contribution < 1.29 is 14.3 Å². The molecule has 1 amide bonds. The van der Waals surface area contributed by atoms with E-state index in [0.717, 1.165) is 34.0 Å². The number of carbonyl (C=O) groups is 1. The second-order valence-electron chi connectivity index (χ2n) is 6.44. The summed E-state index contributed by atoms with van der Waals surface area (Å²) < 4.78 is 12.6. The van der Waals surface area contributed by atoms with Gasteiger partial charge in [0.1, 0.15) is 17.3 Å². The molecule has 6 nitrogen and oxygen atoms in total. The van der Waals surface area contributed by atoms with Gasteiger partial charge in [-0.25, -0.2) is 4.68 Å². The van der Waals surface area contributed by atoms with Gasteiger partial charge in [0.25, 0.3) is 0 Å². The van der Waals surface area contributed by atoms with Gasteiger partial charge in [-0.1, -0.05) is 18.2 Å². The Morgan fingerprint density at radius 2 is 1.86 bits per heavy atom. The molecule has 2 heterocycles. The molecular weight excluding hydrogens is 374 g/mol. The molecule has 1 unspecified atom stereocenters. The molecule has 1 aliphatic heterocycles. The number of benzene rings is 2. The van der Waals surface area contributed by atoms with Crippen LogP contribution >= 0.6 is 11.8 Å². The lowest BCUT2D eigenvalue weighted by molar-refractivity contribution is -0.113. The van der Waals surface area contributed by atoms with Crippen LogP contribution in [0.15, 0.2) is 48.5 Å². The number of rotatable bonds is 4. The number of anilines is 1. The van der Waals surface area contributed by atoms with E-state index in [1.807, 2.05) is 55.5 Å². The largest absolute Gasteiger partial charge is 0.497 e. The summed E-state index contributed by atoms with van der Waals surface area (Å²) in [6, 6.07) is 15.5. The maximum absolute atomic E-state index is 12.4. The third-order valence-corrected chi connectivity index (χ3v) is 6.00. The Kier molecular flexibility index (Phi) is 5.00. The van der Waals surface area contributed by atoms with E-state index in [1.165, 1.54) is 0 Å². The van der Waals surface area contributed by atoms with E-state index in [-0.39, 0.29) is 11.2 Å². The van der Waals surface area contributed by atoms with Gasteiger partial charge in [-0.05, 0) is 37.3 Å². The summed E-state index contributed by atoms with van der Waals surface area (Å²) in [7, 11) is 3.30. The molecule has 0 spiro atoms. The zero-order chi connectivity index (χ0) is 19.7. The minimum atomic E-state index is -0.0582. The Labute approximate surface area is 167 Å². The van der Waals surface area contributed by atoms with E-state index in [0.29, 0.717) is 11.6 Å². The molecular formula is C21H21N3O3S. The lowest BCUT2D eigenvalue weighted by Gasteiger charge is -2.18. The lowest BCUT2D eigenvalue weighted by atomic mass is 10.0. The van der Waals surface area contributed by atoms with E-state index in [2.05, 4.69) is 5.32 Å². The number of nitrogens with zero attached hydrogens (tertiary/aromatic N) is 2. The fourth-order valence-electron chi connectivity index (χ4n) is 3.42. The highest BCUT2D eigenvalue weighted by Gasteiger charge is 2.32. The standard InChI is InChI=1S/C21H21N3O3S/c1-13-19-20(16-6-4-5-7-17(16)27-3)28-12-18(25)22-21(19)24(23-13)14-8-10-15(26-2)11-9-14/h4-11,20H,12H2,1-3H3,(H,22,25). The van der Waals surface area contributed by atoms with Crippen molar-refractivity contribution in [2.24, 2.45) is 0 Å². The molecule has 0 aliphatic carbocycles. The van der Waals surface area contributed by atoms with Gasteiger partial charge in [-0.3, -0.25) is 4.79 Å². The number of fused-ring (bicyclic) bond motifs is 1. The number of amides is 1. The molecule has 1 aromatic heterocycles. The highest BCUT2D eigenvalue weighted by Crippen LogP contribution is 2.46. The van der Waals surface area contributed by atoms with Crippen LogP contribution in [0.25, 0.3) is 5.69 Å². The second-order valence-corrected chi connectivity index (χ2v) is 7.53. The number of aromatic nitrogens is 2. The summed E-state index contributed by atoms with van der Waals surface area (Å²) in [5.41, 5.74) is 3.76. The smallest absolute Gasteiger partial charge is 0.235 e. The van der Waals surface area contributed by atoms with Crippen LogP contribution in [0, 0.1) is 6.92 Å². The third kappa shape index (κ3) is 3.22. The van der Waals surface area contributed by atoms with Crippen molar-refractivity contribution in [1.82, 2.24) is 9.78 Å². The van der Waals surface area contributed by atoms with E-state index < -0.39 is 0 Å². The summed E-state index contributed by atoms with van der Waals surface area (Å²) in [6.45, 7) is 1.97. The van der Waals surface area contributed by atoms with Gasteiger partial charge in [0.2, 0.25) is 5.91 Å². The molecule has 0 saturated heterocycles. The van der Waals surface area contributed by atoms with Gasteiger partial charge in [-0.15, -0.1) is 11.8 Å². The molecule has 0 radical (unpaired) electrons. The Morgan fingerprint density at radius 3 is 2.57 bits per heavy atom. The maximum atomic E-state index is 12.4. The molecule has 0 fully saturated rings. The van der Waals surface area contributed by atoms with E-state index in [9.17, 15) is 4.79 Å². The normalized spacial score (nSPS) is 16.1. The molecule has 144 valence electrons. The van der Waals surface area contributed by atoms with Crippen LogP contribution in [-0.4, -0.2) is 35.7 Å². The van der Waals surface area contributed by atoms with E-state index >= 15 is 0 Å². The second kappa shape index (κ2) is 7.59. The van der Waals surface area contributed by atoms with Crippen molar-refractivity contribution in [2.75, 3.05) is 25.3 Å². The Morgan fingerprint density at radius 1 is 1.11 bits per heavy atom. The first-order valence-corrected chi connectivity index (χ1v) is 9.95. The molecule has 3 aromatic rings. The summed E-state index contributed by atoms with van der Waals surface area (Å²) in [5, 5.41) is 7.72. The number of hydrogen-bond acceptors (Lipinski definition) is 5. The molecule has 0 bridgehead atoms. The van der Waals surface area contributed by atoms with Gasteiger partial charge < -0.3 is 14.8 Å². The molecule has 1 atom stereocenters. The van der Waals surface area contributed by atoms with Crippen molar-refractivity contribution in [3.05, 3.63) is 65.4 Å². The SMILES string of the molecule is COc1ccc(-n2nc(C)c3c2NC(=O)CSC3c2ccccc2OC)cc1. The number of hydrogen-bond donors (Lipinski definition) is 1. The summed E-state index contributed by atoms with van der Waals surface area (Å²) in [5.74, 6) is 2.59. The zero-order valence-corrected chi connectivity index (χ0v) is 16.7. The zero-order valence-electron chi connectivity index (χ0n) is 15.9. The predicted octanol–water partition coefficient (Wildman–Crippen LogP) is 3.97. The molecule has 1 N–H and O–H groups in total. The van der Waals surface area contributed by atoms with Crippen LogP contribution in [0.3, 0.4) is 0 Å².